The number of rotatable bonds is 3. The number of carbonyl (C=O) groups is 1. The molecule has 3 aliphatic carbocycles. The first-order valence-electron chi connectivity index (χ1n) is 8.99. The van der Waals surface area contributed by atoms with E-state index in [-0.39, 0.29) is 11.8 Å². The smallest absolute Gasteiger partial charge is 0.223 e. The third-order valence-corrected chi connectivity index (χ3v) is 6.38. The van der Waals surface area contributed by atoms with Crippen molar-refractivity contribution in [1.82, 2.24) is 25.9 Å². The summed E-state index contributed by atoms with van der Waals surface area (Å²) in [5.74, 6) is 1.93. The van der Waals surface area contributed by atoms with Gasteiger partial charge in [0, 0.05) is 12.0 Å². The molecule has 3 saturated carbocycles. The Labute approximate surface area is 136 Å². The van der Waals surface area contributed by atoms with Crippen molar-refractivity contribution in [1.29, 1.82) is 0 Å². The van der Waals surface area contributed by atoms with Crippen LogP contribution >= 0.6 is 0 Å². The molecule has 2 unspecified atom stereocenters. The van der Waals surface area contributed by atoms with Crippen LogP contribution in [0.15, 0.2) is 0 Å². The van der Waals surface area contributed by atoms with Crippen molar-refractivity contribution in [3.05, 3.63) is 5.82 Å². The maximum atomic E-state index is 13.0. The van der Waals surface area contributed by atoms with Gasteiger partial charge in [-0.15, -0.1) is 10.2 Å². The molecule has 1 aromatic heterocycles. The van der Waals surface area contributed by atoms with E-state index in [0.29, 0.717) is 23.7 Å². The topological polar surface area (TPSA) is 110 Å². The molecule has 23 heavy (non-hydrogen) atoms. The molecule has 4 N–H and O–H groups in total. The van der Waals surface area contributed by atoms with Gasteiger partial charge in [-0.05, 0) is 50.4 Å². The second-order valence-corrected chi connectivity index (χ2v) is 7.71. The fourth-order valence-electron chi connectivity index (χ4n) is 5.09. The number of aromatic amines is 1. The quantitative estimate of drug-likeness (QED) is 0.776. The summed E-state index contributed by atoms with van der Waals surface area (Å²) in [6.45, 7) is 0. The van der Waals surface area contributed by atoms with Gasteiger partial charge in [-0.3, -0.25) is 4.79 Å². The number of H-pyrrole nitrogens is 1. The van der Waals surface area contributed by atoms with E-state index in [1.165, 1.54) is 19.3 Å². The number of nitrogens with two attached hydrogens (primary N) is 1. The summed E-state index contributed by atoms with van der Waals surface area (Å²) in [5, 5.41) is 17.8. The Balaban J connectivity index is 1.49. The lowest BCUT2D eigenvalue weighted by Gasteiger charge is -2.44. The molecule has 0 spiro atoms. The summed E-state index contributed by atoms with van der Waals surface area (Å²) in [7, 11) is 0. The number of nitrogens with zero attached hydrogens (tertiary/aromatic N) is 3. The molecule has 126 valence electrons. The van der Waals surface area contributed by atoms with Gasteiger partial charge in [0.15, 0.2) is 5.82 Å². The highest BCUT2D eigenvalue weighted by atomic mass is 16.2. The lowest BCUT2D eigenvalue weighted by molar-refractivity contribution is -0.130. The number of carbonyl (C=O) groups excluding carboxylic acids is 1. The van der Waals surface area contributed by atoms with Crippen LogP contribution in [-0.2, 0) is 10.3 Å². The highest BCUT2D eigenvalue weighted by molar-refractivity contribution is 5.79. The van der Waals surface area contributed by atoms with Gasteiger partial charge in [0.2, 0.25) is 5.91 Å². The van der Waals surface area contributed by atoms with Gasteiger partial charge < -0.3 is 11.1 Å². The van der Waals surface area contributed by atoms with Crippen molar-refractivity contribution in [2.24, 2.45) is 23.5 Å². The monoisotopic (exact) mass is 318 g/mol. The van der Waals surface area contributed by atoms with Crippen LogP contribution in [0.25, 0.3) is 0 Å². The molecule has 2 atom stereocenters. The summed E-state index contributed by atoms with van der Waals surface area (Å²) >= 11 is 0. The Morgan fingerprint density at radius 1 is 1.17 bits per heavy atom. The highest BCUT2D eigenvalue weighted by Crippen LogP contribution is 2.43. The Morgan fingerprint density at radius 2 is 1.87 bits per heavy atom. The van der Waals surface area contributed by atoms with Crippen LogP contribution in [0.1, 0.15) is 63.6 Å². The molecule has 7 heteroatoms. The molecular weight excluding hydrogens is 292 g/mol. The van der Waals surface area contributed by atoms with E-state index in [1.54, 1.807) is 0 Å². The number of nitrogens with one attached hydrogen (secondary N) is 2. The van der Waals surface area contributed by atoms with E-state index >= 15 is 0 Å². The van der Waals surface area contributed by atoms with Crippen molar-refractivity contribution in [3.63, 3.8) is 0 Å². The number of aromatic nitrogens is 4. The molecule has 0 aromatic carbocycles. The molecule has 1 amide bonds. The third-order valence-electron chi connectivity index (χ3n) is 6.38. The van der Waals surface area contributed by atoms with Gasteiger partial charge >= 0.3 is 0 Å². The molecule has 7 nitrogen and oxygen atoms in total. The second kappa shape index (κ2) is 5.85. The number of tetrazole rings is 1. The summed E-state index contributed by atoms with van der Waals surface area (Å²) in [6.07, 6.45) is 9.48. The number of hydrogen-bond acceptors (Lipinski definition) is 5. The molecule has 3 aliphatic rings. The van der Waals surface area contributed by atoms with E-state index in [2.05, 4.69) is 25.9 Å². The molecule has 3 fully saturated rings. The van der Waals surface area contributed by atoms with Gasteiger partial charge in [0.05, 0.1) is 0 Å². The first kappa shape index (κ1) is 15.1. The first-order chi connectivity index (χ1) is 11.2. The van der Waals surface area contributed by atoms with Crippen LogP contribution in [0.2, 0.25) is 0 Å². The summed E-state index contributed by atoms with van der Waals surface area (Å²) < 4.78 is 0. The van der Waals surface area contributed by atoms with Crippen molar-refractivity contribution >= 4 is 5.91 Å². The van der Waals surface area contributed by atoms with Gasteiger partial charge in [-0.1, -0.05) is 24.5 Å². The average molecular weight is 318 g/mol. The zero-order chi connectivity index (χ0) is 15.9. The summed E-state index contributed by atoms with van der Waals surface area (Å²) in [4.78, 5) is 13.0. The second-order valence-electron chi connectivity index (χ2n) is 7.71. The first-order valence-corrected chi connectivity index (χ1v) is 8.99. The Morgan fingerprint density at radius 3 is 2.48 bits per heavy atom. The van der Waals surface area contributed by atoms with Crippen molar-refractivity contribution in [3.8, 4) is 0 Å². The number of amides is 1. The summed E-state index contributed by atoms with van der Waals surface area (Å²) in [6, 6.07) is 0.297. The minimum atomic E-state index is -0.418. The van der Waals surface area contributed by atoms with Gasteiger partial charge in [-0.25, -0.2) is 0 Å². The zero-order valence-electron chi connectivity index (χ0n) is 13.5. The Bertz CT molecular complexity index is 539. The molecule has 0 aliphatic heterocycles. The minimum Gasteiger partial charge on any atom is -0.343 e. The molecule has 0 radical (unpaired) electrons. The van der Waals surface area contributed by atoms with Crippen molar-refractivity contribution in [2.75, 3.05) is 0 Å². The van der Waals surface area contributed by atoms with Gasteiger partial charge in [0.1, 0.15) is 5.54 Å². The van der Waals surface area contributed by atoms with Crippen LogP contribution in [-0.4, -0.2) is 32.6 Å². The normalized spacial score (nSPS) is 35.9. The highest BCUT2D eigenvalue weighted by Gasteiger charge is 2.45. The van der Waals surface area contributed by atoms with Crippen LogP contribution in [0.4, 0.5) is 0 Å². The van der Waals surface area contributed by atoms with E-state index in [0.717, 1.165) is 38.5 Å². The largest absolute Gasteiger partial charge is 0.343 e. The van der Waals surface area contributed by atoms with Crippen LogP contribution < -0.4 is 11.1 Å². The number of fused-ring (bicyclic) bond motifs is 2. The zero-order valence-corrected chi connectivity index (χ0v) is 13.5. The standard InChI is InChI=1S/C16H26N6O/c17-13-10-4-3-5-11(13)9-12(8-10)14(23)18-16(6-1-2-7-16)15-19-21-22-20-15/h10-13H,1-9,17H2,(H,18,23)(H,19,20,21,22). The predicted molar refractivity (Wildman–Crippen MR) is 84.0 cm³/mol. The van der Waals surface area contributed by atoms with E-state index in [1.807, 2.05) is 0 Å². The van der Waals surface area contributed by atoms with Crippen LogP contribution in [0.3, 0.4) is 0 Å². The lowest BCUT2D eigenvalue weighted by Crippen LogP contribution is -2.52. The third kappa shape index (κ3) is 2.65. The van der Waals surface area contributed by atoms with Crippen LogP contribution in [0, 0.1) is 17.8 Å². The molecule has 0 saturated heterocycles. The van der Waals surface area contributed by atoms with Gasteiger partial charge in [-0.2, -0.15) is 5.21 Å². The SMILES string of the molecule is NC1C2CCCC1CC(C(=O)NC1(c3nn[nH]n3)CCCC1)C2. The van der Waals surface area contributed by atoms with E-state index in [9.17, 15) is 4.79 Å². The minimum absolute atomic E-state index is 0.0921. The summed E-state index contributed by atoms with van der Waals surface area (Å²) in [5.41, 5.74) is 5.93. The molecular formula is C16H26N6O. The van der Waals surface area contributed by atoms with Crippen molar-refractivity contribution < 1.29 is 4.79 Å². The molecule has 4 rings (SSSR count). The Kier molecular flexibility index (Phi) is 3.83. The number of hydrogen-bond donors (Lipinski definition) is 3. The molecule has 1 aromatic rings. The van der Waals surface area contributed by atoms with Gasteiger partial charge in [0.25, 0.3) is 0 Å². The molecule has 2 bridgehead atoms. The Hall–Kier alpha value is -1.50. The predicted octanol–water partition coefficient (Wildman–Crippen LogP) is 1.24. The fraction of sp³-hybridized carbons (Fsp3) is 0.875. The maximum absolute atomic E-state index is 13.0. The maximum Gasteiger partial charge on any atom is 0.223 e. The average Bonchev–Trinajstić information content (AvgIpc) is 3.18. The fourth-order valence-corrected chi connectivity index (χ4v) is 5.09. The van der Waals surface area contributed by atoms with Crippen molar-refractivity contribution in [2.45, 2.75) is 69.4 Å². The van der Waals surface area contributed by atoms with Crippen LogP contribution in [0.5, 0.6) is 0 Å². The molecule has 1 heterocycles. The van der Waals surface area contributed by atoms with E-state index < -0.39 is 5.54 Å². The lowest BCUT2D eigenvalue weighted by atomic mass is 9.65. The van der Waals surface area contributed by atoms with E-state index in [4.69, 9.17) is 5.73 Å².